The van der Waals surface area contributed by atoms with E-state index in [1.807, 2.05) is 24.3 Å². The maximum atomic E-state index is 14.2. The molecule has 0 atom stereocenters. The van der Waals surface area contributed by atoms with Crippen LogP contribution >= 0.6 is 0 Å². The molecule has 0 aliphatic heterocycles. The second-order valence-corrected chi connectivity index (χ2v) is 8.05. The summed E-state index contributed by atoms with van der Waals surface area (Å²) >= 11 is 0. The lowest BCUT2D eigenvalue weighted by atomic mass is 10.0. The fourth-order valence-corrected chi connectivity index (χ4v) is 4.26. The minimum absolute atomic E-state index is 0.371. The fraction of sp³-hybridized carbons (Fsp3) is 0.0385. The lowest BCUT2D eigenvalue weighted by molar-refractivity contribution is 0.411. The molecule has 34 heavy (non-hydrogen) atoms. The van der Waals surface area contributed by atoms with Gasteiger partial charge in [-0.15, -0.1) is 0 Å². The van der Waals surface area contributed by atoms with Gasteiger partial charge in [-0.1, -0.05) is 6.07 Å². The number of rotatable bonds is 4. The van der Waals surface area contributed by atoms with E-state index in [2.05, 4.69) is 31.2 Å². The Morgan fingerprint density at radius 3 is 2.56 bits per heavy atom. The Morgan fingerprint density at radius 2 is 1.71 bits per heavy atom. The number of nitrogen functional groups attached to an aromatic ring is 1. The van der Waals surface area contributed by atoms with E-state index in [1.54, 1.807) is 30.9 Å². The number of hydrogen-bond acceptors (Lipinski definition) is 5. The van der Waals surface area contributed by atoms with Crippen LogP contribution in [0.3, 0.4) is 0 Å². The third kappa shape index (κ3) is 3.32. The maximum Gasteiger partial charge on any atom is 0.127 e. The molecule has 0 saturated heterocycles. The van der Waals surface area contributed by atoms with E-state index in [0.717, 1.165) is 49.9 Å². The molecule has 4 aromatic heterocycles. The van der Waals surface area contributed by atoms with Crippen molar-refractivity contribution in [1.82, 2.24) is 25.1 Å². The van der Waals surface area contributed by atoms with E-state index in [-0.39, 0.29) is 5.82 Å². The molecule has 6 aromatic rings. The Morgan fingerprint density at radius 1 is 0.824 bits per heavy atom. The summed E-state index contributed by atoms with van der Waals surface area (Å²) in [5.41, 5.74) is 13.2. The lowest BCUT2D eigenvalue weighted by Gasteiger charge is -2.06. The van der Waals surface area contributed by atoms with Gasteiger partial charge < -0.3 is 15.5 Å². The molecule has 0 bridgehead atoms. The molecule has 0 aliphatic rings. The van der Waals surface area contributed by atoms with E-state index in [0.29, 0.717) is 17.0 Å². The number of anilines is 1. The van der Waals surface area contributed by atoms with Gasteiger partial charge in [0.1, 0.15) is 17.3 Å². The number of methoxy groups -OCH3 is 1. The number of hydrogen-bond donors (Lipinski definition) is 3. The first-order valence-corrected chi connectivity index (χ1v) is 10.6. The van der Waals surface area contributed by atoms with E-state index in [1.165, 1.54) is 19.2 Å². The summed E-state index contributed by atoms with van der Waals surface area (Å²) < 4.78 is 19.4. The molecule has 0 spiro atoms. The van der Waals surface area contributed by atoms with Gasteiger partial charge in [-0.2, -0.15) is 5.10 Å². The zero-order chi connectivity index (χ0) is 23.2. The topological polar surface area (TPSA) is 106 Å². The van der Waals surface area contributed by atoms with Crippen LogP contribution in [-0.2, 0) is 0 Å². The molecule has 0 radical (unpaired) electrons. The van der Waals surface area contributed by atoms with Crippen LogP contribution in [0, 0.1) is 5.82 Å². The standard InChI is InChI=1S/C26H19FN6O/c1-34-19-6-15(4-17(27)8-19)22-12-30-13-25-20(22)9-24(31-25)26-21-7-14(2-3-23(21)32-33-26)16-5-18(28)11-29-10-16/h2-13,31H,28H2,1H3,(H,32,33). The van der Waals surface area contributed by atoms with Gasteiger partial charge in [-0.05, 0) is 47.5 Å². The van der Waals surface area contributed by atoms with Crippen LogP contribution in [0.1, 0.15) is 0 Å². The van der Waals surface area contributed by atoms with Gasteiger partial charge in [-0.3, -0.25) is 15.1 Å². The van der Waals surface area contributed by atoms with Gasteiger partial charge in [0.15, 0.2) is 0 Å². The van der Waals surface area contributed by atoms with Crippen molar-refractivity contribution >= 4 is 27.5 Å². The van der Waals surface area contributed by atoms with E-state index in [4.69, 9.17) is 10.5 Å². The van der Waals surface area contributed by atoms with Gasteiger partial charge in [0.2, 0.25) is 0 Å². The highest BCUT2D eigenvalue weighted by molar-refractivity contribution is 6.01. The summed E-state index contributed by atoms with van der Waals surface area (Å²) in [6, 6.07) is 14.6. The number of ether oxygens (including phenoxy) is 1. The maximum absolute atomic E-state index is 14.2. The van der Waals surface area contributed by atoms with Crippen LogP contribution in [0.15, 0.2) is 73.3 Å². The summed E-state index contributed by atoms with van der Waals surface area (Å²) in [4.78, 5) is 12.0. The normalized spacial score (nSPS) is 11.4. The van der Waals surface area contributed by atoms with Gasteiger partial charge in [0.25, 0.3) is 0 Å². The number of nitrogens with two attached hydrogens (primary N) is 1. The average molecular weight is 450 g/mol. The van der Waals surface area contributed by atoms with Crippen molar-refractivity contribution in [2.45, 2.75) is 0 Å². The number of fused-ring (bicyclic) bond motifs is 2. The zero-order valence-corrected chi connectivity index (χ0v) is 18.1. The van der Waals surface area contributed by atoms with E-state index >= 15 is 0 Å². The van der Waals surface area contributed by atoms with E-state index in [9.17, 15) is 4.39 Å². The largest absolute Gasteiger partial charge is 0.497 e. The molecule has 4 heterocycles. The Bertz CT molecular complexity index is 1690. The van der Waals surface area contributed by atoms with Crippen molar-refractivity contribution in [1.29, 1.82) is 0 Å². The number of nitrogens with one attached hydrogen (secondary N) is 2. The van der Waals surface area contributed by atoms with Crippen LogP contribution in [0.25, 0.3) is 55.4 Å². The number of benzene rings is 2. The first-order valence-electron chi connectivity index (χ1n) is 10.6. The number of aromatic amines is 2. The van der Waals surface area contributed by atoms with Crippen molar-refractivity contribution in [2.75, 3.05) is 12.8 Å². The smallest absolute Gasteiger partial charge is 0.127 e. The molecule has 4 N–H and O–H groups in total. The number of H-pyrrole nitrogens is 2. The first-order chi connectivity index (χ1) is 16.6. The van der Waals surface area contributed by atoms with Crippen molar-refractivity contribution in [2.24, 2.45) is 0 Å². The predicted octanol–water partition coefficient (Wildman–Crippen LogP) is 5.57. The second kappa shape index (κ2) is 7.70. The quantitative estimate of drug-likeness (QED) is 0.326. The van der Waals surface area contributed by atoms with Crippen LogP contribution < -0.4 is 10.5 Å². The third-order valence-electron chi connectivity index (χ3n) is 5.87. The summed E-state index contributed by atoms with van der Waals surface area (Å²) in [6.45, 7) is 0. The Kier molecular flexibility index (Phi) is 4.51. The van der Waals surface area contributed by atoms with Crippen LogP contribution in [0.4, 0.5) is 10.1 Å². The van der Waals surface area contributed by atoms with Gasteiger partial charge >= 0.3 is 0 Å². The molecule has 0 aliphatic carbocycles. The zero-order valence-electron chi connectivity index (χ0n) is 18.1. The molecule has 6 rings (SSSR count). The highest BCUT2D eigenvalue weighted by Gasteiger charge is 2.15. The lowest BCUT2D eigenvalue weighted by Crippen LogP contribution is -1.88. The van der Waals surface area contributed by atoms with Gasteiger partial charge in [-0.25, -0.2) is 4.39 Å². The number of nitrogens with zero attached hydrogens (tertiary/aromatic N) is 3. The SMILES string of the molecule is COc1cc(F)cc(-c2cncc3[nH]c(-c4n[nH]c5ccc(-c6cncc(N)c6)cc45)cc23)c1. The Hall–Kier alpha value is -4.72. The molecule has 0 amide bonds. The monoisotopic (exact) mass is 450 g/mol. The molecular formula is C26H19FN6O. The molecular weight excluding hydrogens is 431 g/mol. The number of aromatic nitrogens is 5. The second-order valence-electron chi connectivity index (χ2n) is 8.05. The van der Waals surface area contributed by atoms with Crippen molar-refractivity contribution in [3.8, 4) is 39.4 Å². The van der Waals surface area contributed by atoms with E-state index < -0.39 is 0 Å². The minimum atomic E-state index is -0.371. The minimum Gasteiger partial charge on any atom is -0.497 e. The summed E-state index contributed by atoms with van der Waals surface area (Å²) in [6.07, 6.45) is 6.88. The Labute approximate surface area is 193 Å². The first kappa shape index (κ1) is 19.9. The summed E-state index contributed by atoms with van der Waals surface area (Å²) in [5.74, 6) is 0.0774. The molecule has 166 valence electrons. The molecule has 0 saturated carbocycles. The average Bonchev–Trinajstić information content (AvgIpc) is 3.47. The molecule has 8 heteroatoms. The van der Waals surface area contributed by atoms with Crippen LogP contribution in [0.5, 0.6) is 5.75 Å². The van der Waals surface area contributed by atoms with Crippen molar-refractivity contribution in [3.05, 3.63) is 79.1 Å². The number of halogens is 1. The van der Waals surface area contributed by atoms with Crippen LogP contribution in [-0.4, -0.2) is 32.3 Å². The number of pyridine rings is 2. The fourth-order valence-electron chi connectivity index (χ4n) is 4.26. The molecule has 0 fully saturated rings. The summed E-state index contributed by atoms with van der Waals surface area (Å²) in [7, 11) is 1.52. The van der Waals surface area contributed by atoms with Gasteiger partial charge in [0, 0.05) is 46.6 Å². The van der Waals surface area contributed by atoms with Crippen molar-refractivity contribution < 1.29 is 9.13 Å². The Balaban J connectivity index is 1.50. The predicted molar refractivity (Wildman–Crippen MR) is 131 cm³/mol. The highest BCUT2D eigenvalue weighted by Crippen LogP contribution is 2.36. The van der Waals surface area contributed by atoms with Gasteiger partial charge in [0.05, 0.1) is 35.7 Å². The van der Waals surface area contributed by atoms with Crippen molar-refractivity contribution in [3.63, 3.8) is 0 Å². The summed E-state index contributed by atoms with van der Waals surface area (Å²) in [5, 5.41) is 9.52. The molecule has 7 nitrogen and oxygen atoms in total. The molecule has 0 unspecified atom stereocenters. The highest BCUT2D eigenvalue weighted by atomic mass is 19.1. The van der Waals surface area contributed by atoms with Crippen LogP contribution in [0.2, 0.25) is 0 Å². The molecule has 2 aromatic carbocycles. The third-order valence-corrected chi connectivity index (χ3v) is 5.87.